The van der Waals surface area contributed by atoms with Crippen LogP contribution in [0.2, 0.25) is 0 Å². The summed E-state index contributed by atoms with van der Waals surface area (Å²) in [5.74, 6) is -0.752. The Morgan fingerprint density at radius 3 is 2.52 bits per heavy atom. The van der Waals surface area contributed by atoms with Gasteiger partial charge in [-0.2, -0.15) is 4.68 Å². The second-order valence-corrected chi connectivity index (χ2v) is 6.88. The van der Waals surface area contributed by atoms with E-state index in [4.69, 9.17) is 0 Å². The van der Waals surface area contributed by atoms with E-state index in [-0.39, 0.29) is 23.2 Å². The third-order valence-electron chi connectivity index (χ3n) is 5.09. The lowest BCUT2D eigenvalue weighted by atomic mass is 9.89. The van der Waals surface area contributed by atoms with E-state index in [2.05, 4.69) is 10.4 Å². The Kier molecular flexibility index (Phi) is 4.71. The minimum atomic E-state index is -0.500. The molecule has 6 heteroatoms. The summed E-state index contributed by atoms with van der Waals surface area (Å²) >= 11 is 0. The first kappa shape index (κ1) is 17.4. The molecule has 1 N–H and O–H groups in total. The number of carbonyl (C=O) groups is 1. The molecule has 5 nitrogen and oxygen atoms in total. The topological polar surface area (TPSA) is 64.0 Å². The number of benzene rings is 2. The molecular weight excluding hydrogens is 345 g/mol. The second kappa shape index (κ2) is 7.31. The number of fused-ring (bicyclic) bond motifs is 1. The van der Waals surface area contributed by atoms with E-state index in [1.165, 1.54) is 6.07 Å². The predicted molar refractivity (Wildman–Crippen MR) is 102 cm³/mol. The summed E-state index contributed by atoms with van der Waals surface area (Å²) in [6, 6.07) is 13.0. The smallest absolute Gasteiger partial charge is 0.273 e. The maximum atomic E-state index is 14.4. The molecule has 0 unspecified atom stereocenters. The van der Waals surface area contributed by atoms with E-state index in [9.17, 15) is 14.0 Å². The Hall–Kier alpha value is -3.02. The zero-order valence-corrected chi connectivity index (χ0v) is 14.8. The molecular formula is C21H20FN3O2. The van der Waals surface area contributed by atoms with Crippen molar-refractivity contribution in [1.29, 1.82) is 0 Å². The number of nitrogens with zero attached hydrogens (tertiary/aromatic N) is 2. The molecule has 0 radical (unpaired) electrons. The van der Waals surface area contributed by atoms with Crippen molar-refractivity contribution in [1.82, 2.24) is 9.66 Å². The van der Waals surface area contributed by atoms with Crippen LogP contribution in [-0.2, 0) is 4.79 Å². The SMILES string of the molecule is O=C(Nn1c(-c2ccccc2F)nc2ccccc2c1=O)C1CCCCC1. The Labute approximate surface area is 155 Å². The molecule has 138 valence electrons. The maximum absolute atomic E-state index is 14.4. The molecule has 1 aliphatic rings. The average Bonchev–Trinajstić information content (AvgIpc) is 2.71. The molecule has 3 aromatic rings. The van der Waals surface area contributed by atoms with Gasteiger partial charge in [-0.1, -0.05) is 43.5 Å². The zero-order valence-electron chi connectivity index (χ0n) is 14.8. The number of aromatic nitrogens is 2. The van der Waals surface area contributed by atoms with E-state index in [1.807, 2.05) is 0 Å². The lowest BCUT2D eigenvalue weighted by molar-refractivity contribution is -0.121. The van der Waals surface area contributed by atoms with Gasteiger partial charge in [0.25, 0.3) is 5.56 Å². The van der Waals surface area contributed by atoms with Crippen LogP contribution in [-0.4, -0.2) is 15.6 Å². The summed E-state index contributed by atoms with van der Waals surface area (Å²) in [4.78, 5) is 30.2. The molecule has 1 amide bonds. The molecule has 0 atom stereocenters. The van der Waals surface area contributed by atoms with Crippen molar-refractivity contribution in [2.75, 3.05) is 5.43 Å². The van der Waals surface area contributed by atoms with Gasteiger partial charge in [-0.3, -0.25) is 15.0 Å². The molecule has 2 aromatic carbocycles. The summed E-state index contributed by atoms with van der Waals surface area (Å²) in [5.41, 5.74) is 2.92. The molecule has 1 aliphatic carbocycles. The molecule has 1 heterocycles. The van der Waals surface area contributed by atoms with Gasteiger partial charge >= 0.3 is 0 Å². The summed E-state index contributed by atoms with van der Waals surface area (Å²) in [6.07, 6.45) is 4.74. The molecule has 1 fully saturated rings. The molecule has 0 saturated heterocycles. The van der Waals surface area contributed by atoms with Gasteiger partial charge in [-0.15, -0.1) is 0 Å². The third kappa shape index (κ3) is 3.35. The van der Waals surface area contributed by atoms with Gasteiger partial charge in [0.05, 0.1) is 16.5 Å². The van der Waals surface area contributed by atoms with Crippen LogP contribution < -0.4 is 11.0 Å². The fraction of sp³-hybridized carbons (Fsp3) is 0.286. The highest BCUT2D eigenvalue weighted by Crippen LogP contribution is 2.25. The van der Waals surface area contributed by atoms with Gasteiger partial charge in [0.15, 0.2) is 5.82 Å². The third-order valence-corrected chi connectivity index (χ3v) is 5.09. The van der Waals surface area contributed by atoms with Gasteiger partial charge in [-0.25, -0.2) is 9.37 Å². The second-order valence-electron chi connectivity index (χ2n) is 6.88. The minimum Gasteiger partial charge on any atom is -0.273 e. The van der Waals surface area contributed by atoms with E-state index in [1.54, 1.807) is 42.5 Å². The number of amides is 1. The predicted octanol–water partition coefficient (Wildman–Crippen LogP) is 3.85. The highest BCUT2D eigenvalue weighted by molar-refractivity contribution is 5.88. The van der Waals surface area contributed by atoms with Crippen molar-refractivity contribution in [3.05, 3.63) is 64.7 Å². The van der Waals surface area contributed by atoms with Crippen LogP contribution in [0.15, 0.2) is 53.3 Å². The largest absolute Gasteiger partial charge is 0.280 e. The van der Waals surface area contributed by atoms with Crippen molar-refractivity contribution in [2.24, 2.45) is 5.92 Å². The summed E-state index contributed by atoms with van der Waals surface area (Å²) in [7, 11) is 0. The van der Waals surface area contributed by atoms with Crippen molar-refractivity contribution in [3.63, 3.8) is 0 Å². The van der Waals surface area contributed by atoms with Gasteiger partial charge in [0.1, 0.15) is 5.82 Å². The van der Waals surface area contributed by atoms with Gasteiger partial charge in [-0.05, 0) is 37.1 Å². The Morgan fingerprint density at radius 1 is 1.04 bits per heavy atom. The lowest BCUT2D eigenvalue weighted by Crippen LogP contribution is -2.38. The van der Waals surface area contributed by atoms with Gasteiger partial charge < -0.3 is 0 Å². The minimum absolute atomic E-state index is 0.0981. The lowest BCUT2D eigenvalue weighted by Gasteiger charge is -2.22. The first-order valence-electron chi connectivity index (χ1n) is 9.23. The first-order chi connectivity index (χ1) is 13.1. The number of para-hydroxylation sites is 1. The van der Waals surface area contributed by atoms with Gasteiger partial charge in [0, 0.05) is 5.92 Å². The van der Waals surface area contributed by atoms with E-state index < -0.39 is 11.4 Å². The Balaban J connectivity index is 1.85. The summed E-state index contributed by atoms with van der Waals surface area (Å²) in [6.45, 7) is 0. The van der Waals surface area contributed by atoms with Crippen LogP contribution in [0.5, 0.6) is 0 Å². The molecule has 4 rings (SSSR count). The number of halogens is 1. The van der Waals surface area contributed by atoms with Crippen LogP contribution in [0.4, 0.5) is 4.39 Å². The number of carbonyl (C=O) groups excluding carboxylic acids is 1. The van der Waals surface area contributed by atoms with Crippen molar-refractivity contribution >= 4 is 16.8 Å². The van der Waals surface area contributed by atoms with Crippen LogP contribution in [0.25, 0.3) is 22.3 Å². The molecule has 1 saturated carbocycles. The van der Waals surface area contributed by atoms with Crippen molar-refractivity contribution in [3.8, 4) is 11.4 Å². The zero-order chi connectivity index (χ0) is 18.8. The standard InChI is InChI=1S/C21H20FN3O2/c22-17-12-6-4-10-15(17)19-23-18-13-7-5-11-16(18)21(27)25(19)24-20(26)14-8-2-1-3-9-14/h4-7,10-14H,1-3,8-9H2,(H,24,26). The van der Waals surface area contributed by atoms with Crippen molar-refractivity contribution < 1.29 is 9.18 Å². The van der Waals surface area contributed by atoms with Crippen LogP contribution in [0.1, 0.15) is 32.1 Å². The van der Waals surface area contributed by atoms with Crippen LogP contribution >= 0.6 is 0 Å². The number of hydrogen-bond donors (Lipinski definition) is 1. The molecule has 0 bridgehead atoms. The Bertz CT molecular complexity index is 1050. The quantitative estimate of drug-likeness (QED) is 0.767. The summed E-state index contributed by atoms with van der Waals surface area (Å²) < 4.78 is 15.5. The monoisotopic (exact) mass is 365 g/mol. The number of hydrogen-bond acceptors (Lipinski definition) is 3. The Morgan fingerprint density at radius 2 is 1.74 bits per heavy atom. The van der Waals surface area contributed by atoms with Crippen LogP contribution in [0, 0.1) is 11.7 Å². The molecule has 1 aromatic heterocycles. The average molecular weight is 365 g/mol. The van der Waals surface area contributed by atoms with E-state index in [0.29, 0.717) is 10.9 Å². The fourth-order valence-electron chi connectivity index (χ4n) is 3.63. The summed E-state index contributed by atoms with van der Waals surface area (Å²) in [5, 5.41) is 0.376. The molecule has 27 heavy (non-hydrogen) atoms. The normalized spacial score (nSPS) is 15.0. The first-order valence-corrected chi connectivity index (χ1v) is 9.23. The van der Waals surface area contributed by atoms with E-state index >= 15 is 0 Å². The number of nitrogens with one attached hydrogen (secondary N) is 1. The van der Waals surface area contributed by atoms with Crippen molar-refractivity contribution in [2.45, 2.75) is 32.1 Å². The molecule has 0 spiro atoms. The molecule has 0 aliphatic heterocycles. The fourth-order valence-corrected chi connectivity index (χ4v) is 3.63. The maximum Gasteiger partial charge on any atom is 0.280 e. The van der Waals surface area contributed by atoms with Gasteiger partial charge in [0.2, 0.25) is 5.91 Å². The van der Waals surface area contributed by atoms with E-state index in [0.717, 1.165) is 36.8 Å². The highest BCUT2D eigenvalue weighted by atomic mass is 19.1. The highest BCUT2D eigenvalue weighted by Gasteiger charge is 2.24. The van der Waals surface area contributed by atoms with Crippen LogP contribution in [0.3, 0.4) is 0 Å². The number of rotatable bonds is 3.